The zero-order valence-corrected chi connectivity index (χ0v) is 10.5. The zero-order chi connectivity index (χ0) is 9.80. The molecule has 90 valence electrons. The normalized spacial score (nSPS) is 28.8. The second-order valence-corrected chi connectivity index (χ2v) is 4.65. The number of hydrogen-bond donors (Lipinski definition) is 2. The number of rotatable bonds is 2. The predicted octanol–water partition coefficient (Wildman–Crippen LogP) is 0.844. The van der Waals surface area contributed by atoms with E-state index in [9.17, 15) is 0 Å². The standard InChI is InChI=1S/C11H23N3.ClH/c1-14(10-4-7-12-8-5-10)11-3-2-6-13-9-11;/h10-13H,2-9H2,1H3;1H. The maximum Gasteiger partial charge on any atom is 0.0221 e. The summed E-state index contributed by atoms with van der Waals surface area (Å²) in [6, 6.07) is 1.60. The fourth-order valence-corrected chi connectivity index (χ4v) is 2.69. The highest BCUT2D eigenvalue weighted by atomic mass is 35.5. The van der Waals surface area contributed by atoms with Crippen molar-refractivity contribution in [3.8, 4) is 0 Å². The summed E-state index contributed by atoms with van der Waals surface area (Å²) >= 11 is 0. The first kappa shape index (κ1) is 13.2. The minimum absolute atomic E-state index is 0. The van der Waals surface area contributed by atoms with Crippen LogP contribution >= 0.6 is 12.4 Å². The molecule has 15 heavy (non-hydrogen) atoms. The lowest BCUT2D eigenvalue weighted by Crippen LogP contribution is -2.51. The Morgan fingerprint density at radius 2 is 1.67 bits per heavy atom. The average Bonchev–Trinajstić information content (AvgIpc) is 2.30. The van der Waals surface area contributed by atoms with Crippen molar-refractivity contribution in [2.24, 2.45) is 0 Å². The third kappa shape index (κ3) is 3.59. The number of nitrogens with zero attached hydrogens (tertiary/aromatic N) is 1. The molecule has 0 amide bonds. The van der Waals surface area contributed by atoms with Crippen molar-refractivity contribution >= 4 is 12.4 Å². The van der Waals surface area contributed by atoms with Crippen molar-refractivity contribution in [1.82, 2.24) is 15.5 Å². The third-order valence-electron chi connectivity index (χ3n) is 3.73. The average molecular weight is 234 g/mol. The van der Waals surface area contributed by atoms with E-state index in [0.29, 0.717) is 0 Å². The minimum atomic E-state index is 0. The molecule has 2 heterocycles. The topological polar surface area (TPSA) is 27.3 Å². The molecule has 0 radical (unpaired) electrons. The van der Waals surface area contributed by atoms with E-state index in [1.807, 2.05) is 0 Å². The maximum absolute atomic E-state index is 3.50. The van der Waals surface area contributed by atoms with Crippen LogP contribution in [-0.2, 0) is 0 Å². The number of nitrogens with one attached hydrogen (secondary N) is 2. The molecule has 2 saturated heterocycles. The van der Waals surface area contributed by atoms with E-state index in [2.05, 4.69) is 22.6 Å². The van der Waals surface area contributed by atoms with E-state index >= 15 is 0 Å². The van der Waals surface area contributed by atoms with Crippen LogP contribution in [0, 0.1) is 0 Å². The molecule has 2 aliphatic rings. The van der Waals surface area contributed by atoms with Crippen molar-refractivity contribution < 1.29 is 0 Å². The van der Waals surface area contributed by atoms with Crippen LogP contribution in [0.15, 0.2) is 0 Å². The van der Waals surface area contributed by atoms with E-state index in [0.717, 1.165) is 12.1 Å². The van der Waals surface area contributed by atoms with Crippen LogP contribution in [0.1, 0.15) is 25.7 Å². The molecule has 0 bridgehead atoms. The Kier molecular flexibility index (Phi) is 5.90. The smallest absolute Gasteiger partial charge is 0.0221 e. The Morgan fingerprint density at radius 3 is 2.27 bits per heavy atom. The van der Waals surface area contributed by atoms with E-state index in [1.54, 1.807) is 0 Å². The highest BCUT2D eigenvalue weighted by Gasteiger charge is 2.25. The van der Waals surface area contributed by atoms with Gasteiger partial charge in [-0.05, 0) is 52.4 Å². The summed E-state index contributed by atoms with van der Waals surface area (Å²) in [7, 11) is 2.31. The minimum Gasteiger partial charge on any atom is -0.317 e. The van der Waals surface area contributed by atoms with Crippen LogP contribution in [0.5, 0.6) is 0 Å². The van der Waals surface area contributed by atoms with Crippen molar-refractivity contribution in [2.45, 2.75) is 37.8 Å². The molecular formula is C11H24ClN3. The molecule has 2 rings (SSSR count). The first-order valence-corrected chi connectivity index (χ1v) is 6.01. The van der Waals surface area contributed by atoms with Crippen molar-refractivity contribution in [3.05, 3.63) is 0 Å². The van der Waals surface area contributed by atoms with Crippen LogP contribution in [-0.4, -0.2) is 50.2 Å². The van der Waals surface area contributed by atoms with Crippen molar-refractivity contribution in [1.29, 1.82) is 0 Å². The summed E-state index contributed by atoms with van der Waals surface area (Å²) in [4.78, 5) is 2.62. The number of piperidine rings is 2. The van der Waals surface area contributed by atoms with Gasteiger partial charge in [-0.2, -0.15) is 0 Å². The van der Waals surface area contributed by atoms with Gasteiger partial charge in [0.15, 0.2) is 0 Å². The number of likely N-dealkylation sites (N-methyl/N-ethyl adjacent to an activating group) is 1. The monoisotopic (exact) mass is 233 g/mol. The van der Waals surface area contributed by atoms with Crippen LogP contribution in [0.25, 0.3) is 0 Å². The van der Waals surface area contributed by atoms with Gasteiger partial charge in [0.25, 0.3) is 0 Å². The summed E-state index contributed by atoms with van der Waals surface area (Å²) in [6.45, 7) is 4.82. The van der Waals surface area contributed by atoms with Gasteiger partial charge in [-0.25, -0.2) is 0 Å². The molecule has 0 spiro atoms. The molecule has 3 nitrogen and oxygen atoms in total. The Balaban J connectivity index is 0.00000112. The lowest BCUT2D eigenvalue weighted by atomic mass is 9.99. The highest BCUT2D eigenvalue weighted by molar-refractivity contribution is 5.85. The molecule has 0 aromatic carbocycles. The van der Waals surface area contributed by atoms with E-state index in [1.165, 1.54) is 51.9 Å². The fourth-order valence-electron chi connectivity index (χ4n) is 2.69. The van der Waals surface area contributed by atoms with Gasteiger partial charge in [-0.3, -0.25) is 4.90 Å². The first-order chi connectivity index (χ1) is 6.88. The highest BCUT2D eigenvalue weighted by Crippen LogP contribution is 2.17. The lowest BCUT2D eigenvalue weighted by Gasteiger charge is -2.39. The number of halogens is 1. The van der Waals surface area contributed by atoms with Crippen LogP contribution < -0.4 is 10.6 Å². The largest absolute Gasteiger partial charge is 0.317 e. The molecule has 0 saturated carbocycles. The van der Waals surface area contributed by atoms with Crippen LogP contribution in [0.2, 0.25) is 0 Å². The van der Waals surface area contributed by atoms with Gasteiger partial charge in [-0.1, -0.05) is 0 Å². The second kappa shape index (κ2) is 6.69. The first-order valence-electron chi connectivity index (χ1n) is 6.01. The van der Waals surface area contributed by atoms with Crippen LogP contribution in [0.3, 0.4) is 0 Å². The lowest BCUT2D eigenvalue weighted by molar-refractivity contribution is 0.123. The van der Waals surface area contributed by atoms with E-state index in [-0.39, 0.29) is 12.4 Å². The van der Waals surface area contributed by atoms with E-state index < -0.39 is 0 Å². The predicted molar refractivity (Wildman–Crippen MR) is 66.8 cm³/mol. The molecule has 0 aromatic heterocycles. The molecule has 1 atom stereocenters. The van der Waals surface area contributed by atoms with Gasteiger partial charge < -0.3 is 10.6 Å². The van der Waals surface area contributed by atoms with Gasteiger partial charge in [-0.15, -0.1) is 12.4 Å². The van der Waals surface area contributed by atoms with Crippen molar-refractivity contribution in [3.63, 3.8) is 0 Å². The quantitative estimate of drug-likeness (QED) is 0.741. The Bertz CT molecular complexity index is 147. The summed E-state index contributed by atoms with van der Waals surface area (Å²) in [5.41, 5.74) is 0. The molecule has 2 fully saturated rings. The van der Waals surface area contributed by atoms with Gasteiger partial charge in [0.2, 0.25) is 0 Å². The fraction of sp³-hybridized carbons (Fsp3) is 1.00. The molecule has 0 aromatic rings. The Hall–Kier alpha value is 0.170. The SMILES string of the molecule is CN(C1CCNCC1)C1CCCNC1.Cl. The van der Waals surface area contributed by atoms with Gasteiger partial charge in [0, 0.05) is 18.6 Å². The Morgan fingerprint density at radius 1 is 0.933 bits per heavy atom. The molecular weight excluding hydrogens is 210 g/mol. The molecule has 2 aliphatic heterocycles. The molecule has 1 unspecified atom stereocenters. The summed E-state index contributed by atoms with van der Waals surface area (Å²) in [6.07, 6.45) is 5.38. The summed E-state index contributed by atoms with van der Waals surface area (Å²) in [5, 5.41) is 6.93. The van der Waals surface area contributed by atoms with Gasteiger partial charge >= 0.3 is 0 Å². The molecule has 2 N–H and O–H groups in total. The maximum atomic E-state index is 3.50. The van der Waals surface area contributed by atoms with Gasteiger partial charge in [0.1, 0.15) is 0 Å². The van der Waals surface area contributed by atoms with Crippen molar-refractivity contribution in [2.75, 3.05) is 33.2 Å². The molecule has 4 heteroatoms. The third-order valence-corrected chi connectivity index (χ3v) is 3.73. The molecule has 0 aliphatic carbocycles. The van der Waals surface area contributed by atoms with E-state index in [4.69, 9.17) is 0 Å². The second-order valence-electron chi connectivity index (χ2n) is 4.65. The zero-order valence-electron chi connectivity index (χ0n) is 9.67. The van der Waals surface area contributed by atoms with Gasteiger partial charge in [0.05, 0.1) is 0 Å². The summed E-state index contributed by atoms with van der Waals surface area (Å²) in [5.74, 6) is 0. The Labute approximate surface area is 99.4 Å². The van der Waals surface area contributed by atoms with Crippen LogP contribution in [0.4, 0.5) is 0 Å². The number of hydrogen-bond acceptors (Lipinski definition) is 3. The summed E-state index contributed by atoms with van der Waals surface area (Å²) < 4.78 is 0.